The van der Waals surface area contributed by atoms with Gasteiger partial charge >= 0.3 is 0 Å². The van der Waals surface area contributed by atoms with Crippen LogP contribution in [-0.2, 0) is 5.41 Å². The van der Waals surface area contributed by atoms with Gasteiger partial charge in [-0.25, -0.2) is 0 Å². The van der Waals surface area contributed by atoms with Crippen molar-refractivity contribution in [3.05, 3.63) is 94.4 Å². The Hall–Kier alpha value is -3.54. The van der Waals surface area contributed by atoms with Gasteiger partial charge in [-0.3, -0.25) is 0 Å². The molecule has 0 unspecified atom stereocenters. The first-order valence-electron chi connectivity index (χ1n) is 11.1. The predicted molar refractivity (Wildman–Crippen MR) is 132 cm³/mol. The minimum Gasteiger partial charge on any atom is -0.311 e. The van der Waals surface area contributed by atoms with Gasteiger partial charge in [-0.05, 0) is 46.7 Å². The van der Waals surface area contributed by atoms with Crippen LogP contribution in [0.2, 0.25) is 0 Å². The number of hydrogen-bond donors (Lipinski definition) is 0. The molecule has 148 valence electrons. The molecular formula is C30H23N. The molecule has 0 bridgehead atoms. The number of nitrogens with zero attached hydrogens (tertiary/aromatic N) is 1. The van der Waals surface area contributed by atoms with Crippen molar-refractivity contribution < 1.29 is 0 Å². The lowest BCUT2D eigenvalue weighted by Crippen LogP contribution is -2.15. The maximum atomic E-state index is 3.40. The molecule has 1 heterocycles. The van der Waals surface area contributed by atoms with Crippen molar-refractivity contribution in [2.24, 2.45) is 0 Å². The molecule has 0 fully saturated rings. The van der Waals surface area contributed by atoms with E-state index < -0.39 is 0 Å². The largest absolute Gasteiger partial charge is 0.311 e. The highest BCUT2D eigenvalue weighted by molar-refractivity contribution is 6.21. The second-order valence-corrected chi connectivity index (χ2v) is 9.63. The molecule has 0 saturated carbocycles. The number of fused-ring (bicyclic) bond motifs is 10. The van der Waals surface area contributed by atoms with E-state index in [1.807, 2.05) is 0 Å². The molecule has 0 aliphatic heterocycles. The van der Waals surface area contributed by atoms with Gasteiger partial charge in [-0.1, -0.05) is 74.0 Å². The molecule has 1 heteroatoms. The second kappa shape index (κ2) is 5.58. The summed E-state index contributed by atoms with van der Waals surface area (Å²) >= 11 is 0. The van der Waals surface area contributed by atoms with Gasteiger partial charge in [0.15, 0.2) is 0 Å². The Balaban J connectivity index is 1.76. The summed E-state index contributed by atoms with van der Waals surface area (Å²) in [6.45, 7) is 6.99. The van der Waals surface area contributed by atoms with Gasteiger partial charge in [0, 0.05) is 39.9 Å². The minimum atomic E-state index is -0.0325. The topological polar surface area (TPSA) is 4.93 Å². The lowest BCUT2D eigenvalue weighted by atomic mass is 9.79. The standard InChI is InChI=1S/C30H23N/c1-18-15-16-19(17-18)31-25-14-8-12-23(25)27-26-22-11-6-7-13-24(22)30(2,3)28(26)20-9-4-5-10-21(20)29(27)31/h4-7,9-16H,17H2,1-3H3. The summed E-state index contributed by atoms with van der Waals surface area (Å²) in [6.07, 6.45) is 9.90. The monoisotopic (exact) mass is 397 g/mol. The smallest absolute Gasteiger partial charge is 0.0623 e. The molecule has 0 N–H and O–H groups in total. The van der Waals surface area contributed by atoms with Crippen molar-refractivity contribution in [1.29, 1.82) is 0 Å². The number of benzene rings is 3. The van der Waals surface area contributed by atoms with Crippen molar-refractivity contribution in [2.75, 3.05) is 0 Å². The van der Waals surface area contributed by atoms with E-state index >= 15 is 0 Å². The van der Waals surface area contributed by atoms with Crippen LogP contribution in [-0.4, -0.2) is 4.57 Å². The van der Waals surface area contributed by atoms with Crippen LogP contribution in [0.3, 0.4) is 0 Å². The van der Waals surface area contributed by atoms with Gasteiger partial charge < -0.3 is 4.57 Å². The van der Waals surface area contributed by atoms with E-state index in [0.29, 0.717) is 0 Å². The summed E-state index contributed by atoms with van der Waals surface area (Å²) in [7, 11) is 0. The molecule has 4 aromatic rings. The molecule has 3 aliphatic carbocycles. The molecule has 0 spiro atoms. The van der Waals surface area contributed by atoms with Crippen LogP contribution in [0.4, 0.5) is 0 Å². The van der Waals surface area contributed by atoms with Crippen molar-refractivity contribution in [3.8, 4) is 11.1 Å². The zero-order chi connectivity index (χ0) is 20.9. The van der Waals surface area contributed by atoms with E-state index in [2.05, 4.69) is 104 Å². The van der Waals surface area contributed by atoms with Gasteiger partial charge in [0.1, 0.15) is 0 Å². The maximum absolute atomic E-state index is 3.40. The Morgan fingerprint density at radius 3 is 2.48 bits per heavy atom. The van der Waals surface area contributed by atoms with Gasteiger partial charge in [-0.2, -0.15) is 0 Å². The lowest BCUT2D eigenvalue weighted by Gasteiger charge is -2.24. The molecule has 1 nitrogen and oxygen atoms in total. The van der Waals surface area contributed by atoms with Gasteiger partial charge in [0.2, 0.25) is 0 Å². The van der Waals surface area contributed by atoms with Crippen LogP contribution in [0.15, 0.2) is 72.0 Å². The molecule has 3 aliphatic rings. The van der Waals surface area contributed by atoms with Crippen molar-refractivity contribution in [3.63, 3.8) is 0 Å². The third-order valence-corrected chi connectivity index (χ3v) is 7.45. The molecule has 1 aromatic heterocycles. The van der Waals surface area contributed by atoms with Crippen LogP contribution in [0.5, 0.6) is 0 Å². The zero-order valence-electron chi connectivity index (χ0n) is 18.1. The average Bonchev–Trinajstić information content (AvgIpc) is 3.51. The Labute approximate surface area is 182 Å². The Bertz CT molecular complexity index is 1610. The molecule has 3 aromatic carbocycles. The first-order chi connectivity index (χ1) is 15.1. The van der Waals surface area contributed by atoms with Gasteiger partial charge in [0.05, 0.1) is 11.2 Å². The normalized spacial score (nSPS) is 17.3. The fraction of sp³-hybridized carbons (Fsp3) is 0.167. The predicted octanol–water partition coefficient (Wildman–Crippen LogP) is 7.93. The van der Waals surface area contributed by atoms with Crippen molar-refractivity contribution in [2.45, 2.75) is 32.6 Å². The highest BCUT2D eigenvalue weighted by atomic mass is 15.0. The maximum Gasteiger partial charge on any atom is 0.0623 e. The van der Waals surface area contributed by atoms with E-state index in [4.69, 9.17) is 0 Å². The summed E-state index contributed by atoms with van der Waals surface area (Å²) in [6, 6.07) is 18.0. The lowest BCUT2D eigenvalue weighted by molar-refractivity contribution is 0.666. The third kappa shape index (κ3) is 1.98. The van der Waals surface area contributed by atoms with E-state index in [-0.39, 0.29) is 5.41 Å². The molecule has 0 saturated heterocycles. The Morgan fingerprint density at radius 2 is 1.68 bits per heavy atom. The summed E-state index contributed by atoms with van der Waals surface area (Å²) in [5.41, 5.74) is 15.8. The highest BCUT2D eigenvalue weighted by Gasteiger charge is 2.40. The van der Waals surface area contributed by atoms with Crippen LogP contribution in [0, 0.1) is 0 Å². The van der Waals surface area contributed by atoms with Crippen LogP contribution >= 0.6 is 0 Å². The first-order valence-corrected chi connectivity index (χ1v) is 11.1. The third-order valence-electron chi connectivity index (χ3n) is 7.45. The van der Waals surface area contributed by atoms with E-state index in [0.717, 1.165) is 6.42 Å². The molecular weight excluding hydrogens is 374 g/mol. The van der Waals surface area contributed by atoms with Crippen molar-refractivity contribution >= 4 is 39.5 Å². The fourth-order valence-corrected chi connectivity index (χ4v) is 6.17. The van der Waals surface area contributed by atoms with Gasteiger partial charge in [-0.15, -0.1) is 5.73 Å². The number of rotatable bonds is 1. The first kappa shape index (κ1) is 17.2. The second-order valence-electron chi connectivity index (χ2n) is 9.63. The zero-order valence-corrected chi connectivity index (χ0v) is 18.1. The Kier molecular flexibility index (Phi) is 3.09. The van der Waals surface area contributed by atoms with E-state index in [9.17, 15) is 0 Å². The van der Waals surface area contributed by atoms with E-state index in [1.165, 1.54) is 66.5 Å². The fourth-order valence-electron chi connectivity index (χ4n) is 6.17. The molecule has 0 radical (unpaired) electrons. The quantitative estimate of drug-likeness (QED) is 0.253. The summed E-state index contributed by atoms with van der Waals surface area (Å²) in [5.74, 6) is 0. The minimum absolute atomic E-state index is 0.0325. The Morgan fingerprint density at radius 1 is 0.903 bits per heavy atom. The summed E-state index contributed by atoms with van der Waals surface area (Å²) in [5, 5.41) is 4.10. The molecule has 0 atom stereocenters. The number of hydrogen-bond acceptors (Lipinski definition) is 0. The molecule has 31 heavy (non-hydrogen) atoms. The number of allylic oxidation sites excluding steroid dienone is 4. The summed E-state index contributed by atoms with van der Waals surface area (Å²) < 4.78 is 2.50. The molecule has 7 rings (SSSR count). The van der Waals surface area contributed by atoms with Crippen LogP contribution in [0.1, 0.15) is 49.6 Å². The summed E-state index contributed by atoms with van der Waals surface area (Å²) in [4.78, 5) is 0. The SMILES string of the molecule is CC1=CC=C(n2c3c(c4c5c(c6ccccc6c42)C(C)(C)c2ccccc2-5)C=C=C3)C1. The molecule has 0 amide bonds. The number of aromatic nitrogens is 1. The van der Waals surface area contributed by atoms with Crippen LogP contribution in [0.25, 0.3) is 50.7 Å². The van der Waals surface area contributed by atoms with Crippen molar-refractivity contribution in [1.82, 2.24) is 4.57 Å². The van der Waals surface area contributed by atoms with E-state index in [1.54, 1.807) is 0 Å². The van der Waals surface area contributed by atoms with Gasteiger partial charge in [0.25, 0.3) is 0 Å². The highest BCUT2D eigenvalue weighted by Crippen LogP contribution is 2.56. The van der Waals surface area contributed by atoms with Crippen LogP contribution < -0.4 is 0 Å². The average molecular weight is 398 g/mol.